The Balaban J connectivity index is 0.00000114. The number of carbonyl (C=O) groups is 1. The van der Waals surface area contributed by atoms with E-state index >= 15 is 0 Å². The zero-order valence-electron chi connectivity index (χ0n) is 23.7. The number of hydrogen-bond acceptors (Lipinski definition) is 6. The van der Waals surface area contributed by atoms with Crippen LogP contribution in [0.4, 0.5) is 4.39 Å². The van der Waals surface area contributed by atoms with Gasteiger partial charge < -0.3 is 25.3 Å². The van der Waals surface area contributed by atoms with Crippen molar-refractivity contribution in [2.75, 3.05) is 13.7 Å². The zero-order chi connectivity index (χ0) is 30.5. The highest BCUT2D eigenvalue weighted by Gasteiger charge is 2.16. The molecule has 4 aromatic carbocycles. The summed E-state index contributed by atoms with van der Waals surface area (Å²) in [6.45, 7) is 5.13. The monoisotopic (exact) mass is 589 g/mol. The number of amides is 1. The van der Waals surface area contributed by atoms with Gasteiger partial charge in [-0.2, -0.15) is 5.26 Å². The fourth-order valence-electron chi connectivity index (χ4n) is 4.10. The number of para-hydroxylation sites is 1. The van der Waals surface area contributed by atoms with E-state index < -0.39 is 0 Å². The summed E-state index contributed by atoms with van der Waals surface area (Å²) < 4.78 is 32.4. The van der Waals surface area contributed by atoms with Gasteiger partial charge in [-0.3, -0.25) is 4.79 Å². The zero-order valence-corrected chi connectivity index (χ0v) is 24.5. The van der Waals surface area contributed by atoms with Crippen LogP contribution in [-0.4, -0.2) is 19.6 Å². The van der Waals surface area contributed by atoms with E-state index in [0.29, 0.717) is 45.5 Å². The molecule has 0 saturated carbocycles. The summed E-state index contributed by atoms with van der Waals surface area (Å²) in [6, 6.07) is 25.1. The lowest BCUT2D eigenvalue weighted by Gasteiger charge is -2.18. The second-order valence-electron chi connectivity index (χ2n) is 9.15. The van der Waals surface area contributed by atoms with Crippen molar-refractivity contribution in [3.63, 3.8) is 0 Å². The van der Waals surface area contributed by atoms with Crippen LogP contribution in [0.3, 0.4) is 0 Å². The summed E-state index contributed by atoms with van der Waals surface area (Å²) in [5.74, 6) is 0.947. The molecule has 0 atom stereocenters. The lowest BCUT2D eigenvalue weighted by atomic mass is 10.0. The van der Waals surface area contributed by atoms with Crippen LogP contribution in [0.25, 0.3) is 11.1 Å². The van der Waals surface area contributed by atoms with E-state index in [0.717, 1.165) is 23.2 Å². The molecule has 3 N–H and O–H groups in total. The van der Waals surface area contributed by atoms with Gasteiger partial charge in [0, 0.05) is 41.8 Å². The molecule has 0 aliphatic rings. The maximum absolute atomic E-state index is 14.5. The molecular weight excluding hydrogens is 557 g/mol. The molecule has 0 spiro atoms. The Labute approximate surface area is 250 Å². The van der Waals surface area contributed by atoms with E-state index in [9.17, 15) is 14.4 Å². The number of halogens is 2. The first-order valence-corrected chi connectivity index (χ1v) is 13.6. The molecule has 0 unspecified atom stereocenters. The van der Waals surface area contributed by atoms with Crippen molar-refractivity contribution >= 4 is 17.5 Å². The first-order valence-electron chi connectivity index (χ1n) is 13.2. The van der Waals surface area contributed by atoms with Crippen molar-refractivity contribution in [3.8, 4) is 34.4 Å². The Morgan fingerprint density at radius 1 is 0.952 bits per heavy atom. The number of ether oxygens (including phenoxy) is 3. The molecule has 4 rings (SSSR count). The molecule has 0 saturated heterocycles. The normalized spacial score (nSPS) is 10.2. The second kappa shape index (κ2) is 16.0. The second-order valence-corrected chi connectivity index (χ2v) is 9.56. The van der Waals surface area contributed by atoms with Crippen molar-refractivity contribution in [2.24, 2.45) is 5.73 Å². The van der Waals surface area contributed by atoms with E-state index in [1.54, 1.807) is 43.5 Å². The number of carbonyl (C=O) groups excluding carboxylic acids is 1. The molecule has 7 nitrogen and oxygen atoms in total. The maximum atomic E-state index is 14.5. The third-order valence-electron chi connectivity index (χ3n) is 5.98. The Hall–Kier alpha value is -4.58. The number of benzene rings is 4. The molecule has 0 aliphatic carbocycles. The van der Waals surface area contributed by atoms with E-state index in [1.165, 1.54) is 13.0 Å². The predicted octanol–water partition coefficient (Wildman–Crippen LogP) is 6.79. The Bertz CT molecular complexity index is 1550. The van der Waals surface area contributed by atoms with Crippen molar-refractivity contribution in [1.82, 2.24) is 5.32 Å². The van der Waals surface area contributed by atoms with E-state index in [4.69, 9.17) is 25.8 Å². The van der Waals surface area contributed by atoms with Gasteiger partial charge in [-0.15, -0.1) is 0 Å². The van der Waals surface area contributed by atoms with Gasteiger partial charge in [0.25, 0.3) is 0 Å². The maximum Gasteiger partial charge on any atom is 0.214 e. The lowest BCUT2D eigenvalue weighted by molar-refractivity contribution is -0.115. The van der Waals surface area contributed by atoms with Crippen LogP contribution >= 0.6 is 11.6 Å². The minimum atomic E-state index is -0.333. The highest BCUT2D eigenvalue weighted by atomic mass is 35.5. The number of nitriles is 1. The van der Waals surface area contributed by atoms with Gasteiger partial charge in [0.05, 0.1) is 23.8 Å². The van der Waals surface area contributed by atoms with Crippen LogP contribution in [0, 0.1) is 17.1 Å². The largest absolute Gasteiger partial charge is 0.496 e. The number of primary amides is 1. The fraction of sp³-hybridized carbons (Fsp3) is 0.212. The molecule has 0 aromatic heterocycles. The summed E-state index contributed by atoms with van der Waals surface area (Å²) in [4.78, 5) is 9.22. The molecule has 218 valence electrons. The number of rotatable bonds is 11. The predicted molar refractivity (Wildman–Crippen MR) is 162 cm³/mol. The van der Waals surface area contributed by atoms with Crippen molar-refractivity contribution in [3.05, 3.63) is 112 Å². The summed E-state index contributed by atoms with van der Waals surface area (Å²) in [7, 11) is 1.55. The third-order valence-corrected chi connectivity index (χ3v) is 6.27. The first kappa shape index (κ1) is 31.9. The van der Waals surface area contributed by atoms with Gasteiger partial charge in [0.1, 0.15) is 36.3 Å². The third kappa shape index (κ3) is 8.96. The number of hydrogen-bond donors (Lipinski definition) is 2. The quantitative estimate of drug-likeness (QED) is 0.200. The smallest absolute Gasteiger partial charge is 0.214 e. The van der Waals surface area contributed by atoms with Crippen LogP contribution in [-0.2, 0) is 24.6 Å². The van der Waals surface area contributed by atoms with Crippen LogP contribution in [0.2, 0.25) is 5.02 Å². The summed E-state index contributed by atoms with van der Waals surface area (Å²) in [5, 5.41) is 12.9. The van der Waals surface area contributed by atoms with Crippen LogP contribution in [0.1, 0.15) is 36.1 Å². The number of methoxy groups -OCH3 is 1. The average Bonchev–Trinajstić information content (AvgIpc) is 2.98. The van der Waals surface area contributed by atoms with E-state index in [2.05, 4.69) is 17.1 Å². The Morgan fingerprint density at radius 2 is 1.64 bits per heavy atom. The number of nitrogens with zero attached hydrogens (tertiary/aromatic N) is 1. The minimum Gasteiger partial charge on any atom is -0.496 e. The van der Waals surface area contributed by atoms with Crippen molar-refractivity contribution < 1.29 is 23.4 Å². The summed E-state index contributed by atoms with van der Waals surface area (Å²) >= 11 is 6.60. The molecule has 0 aliphatic heterocycles. The van der Waals surface area contributed by atoms with Crippen molar-refractivity contribution in [1.29, 1.82) is 5.26 Å². The SMILES string of the molecule is CC(N)=O.CCNCc1cc(Cl)c(OCc2cccc(-c3ccccc3F)c2OC)cc1OCc1cccc(C#N)c1. The molecule has 4 aromatic rings. The Morgan fingerprint density at radius 3 is 2.33 bits per heavy atom. The highest BCUT2D eigenvalue weighted by molar-refractivity contribution is 6.32. The molecule has 0 heterocycles. The Kier molecular flexibility index (Phi) is 12.2. The minimum absolute atomic E-state index is 0.154. The molecule has 0 fully saturated rings. The highest BCUT2D eigenvalue weighted by Crippen LogP contribution is 2.37. The fourth-order valence-corrected chi connectivity index (χ4v) is 4.34. The standard InChI is InChI=1S/C31H28ClFN2O3.C2H5NO/c1-3-35-18-24-15-27(32)30(16-29(24)37-19-22-9-6-8-21(14-22)17-34)38-20-23-10-7-12-26(31(23)36-2)25-11-4-5-13-28(25)33;1-2(3)4/h4-16,35H,3,18-20H2,1-2H3;1H3,(H2,3,4). The van der Waals surface area contributed by atoms with Gasteiger partial charge in [0.15, 0.2) is 0 Å². The first-order chi connectivity index (χ1) is 20.3. The summed E-state index contributed by atoms with van der Waals surface area (Å²) in [5.41, 5.74) is 8.66. The van der Waals surface area contributed by atoms with Gasteiger partial charge in [-0.05, 0) is 36.4 Å². The van der Waals surface area contributed by atoms with Gasteiger partial charge in [-0.25, -0.2) is 4.39 Å². The van der Waals surface area contributed by atoms with E-state index in [1.807, 2.05) is 43.3 Å². The van der Waals surface area contributed by atoms with Gasteiger partial charge >= 0.3 is 0 Å². The molecular formula is C33H33ClFN3O4. The number of nitrogens with one attached hydrogen (secondary N) is 1. The van der Waals surface area contributed by atoms with Crippen LogP contribution < -0.4 is 25.3 Å². The molecule has 42 heavy (non-hydrogen) atoms. The van der Waals surface area contributed by atoms with Gasteiger partial charge in [-0.1, -0.05) is 67.1 Å². The van der Waals surface area contributed by atoms with E-state index in [-0.39, 0.29) is 24.9 Å². The molecule has 0 bridgehead atoms. The van der Waals surface area contributed by atoms with Crippen LogP contribution in [0.5, 0.6) is 17.2 Å². The average molecular weight is 590 g/mol. The van der Waals surface area contributed by atoms with Crippen LogP contribution in [0.15, 0.2) is 78.9 Å². The van der Waals surface area contributed by atoms with Gasteiger partial charge in [0.2, 0.25) is 5.91 Å². The number of nitrogens with two attached hydrogens (primary N) is 1. The topological polar surface area (TPSA) is 107 Å². The van der Waals surface area contributed by atoms with Crippen molar-refractivity contribution in [2.45, 2.75) is 33.6 Å². The molecule has 0 radical (unpaired) electrons. The lowest BCUT2D eigenvalue weighted by Crippen LogP contribution is -2.13. The summed E-state index contributed by atoms with van der Waals surface area (Å²) in [6.07, 6.45) is 0. The molecule has 1 amide bonds. The molecule has 9 heteroatoms.